The molecule has 0 saturated carbocycles. The number of rotatable bonds is 4. The number of thiocarbonyl (C=S) groups is 1. The van der Waals surface area contributed by atoms with Crippen molar-refractivity contribution in [1.29, 1.82) is 0 Å². The van der Waals surface area contributed by atoms with Gasteiger partial charge in [-0.25, -0.2) is 0 Å². The van der Waals surface area contributed by atoms with Crippen molar-refractivity contribution in [3.63, 3.8) is 0 Å². The van der Waals surface area contributed by atoms with E-state index in [1.165, 1.54) is 6.07 Å². The van der Waals surface area contributed by atoms with E-state index in [1.54, 1.807) is 24.3 Å². The van der Waals surface area contributed by atoms with Gasteiger partial charge in [0, 0.05) is 10.6 Å². The molecule has 8 heteroatoms. The summed E-state index contributed by atoms with van der Waals surface area (Å²) < 4.78 is 5.47. The fourth-order valence-corrected chi connectivity index (χ4v) is 2.74. The topological polar surface area (TPSA) is 79.5 Å². The first-order valence-corrected chi connectivity index (χ1v) is 9.07. The Morgan fingerprint density at radius 1 is 0.929 bits per heavy atom. The van der Waals surface area contributed by atoms with E-state index in [0.29, 0.717) is 16.3 Å². The molecule has 0 unspecified atom stereocenters. The third-order valence-corrected chi connectivity index (χ3v) is 4.16. The molecule has 3 rings (SSSR count). The Balaban J connectivity index is 1.44. The Kier molecular flexibility index (Phi) is 6.41. The monoisotopic (exact) mass is 413 g/mol. The number of amides is 2. The molecule has 3 aromatic carbocycles. The summed E-state index contributed by atoms with van der Waals surface area (Å²) in [5.41, 5.74) is 5.16. The lowest BCUT2D eigenvalue weighted by Gasteiger charge is -2.12. The van der Waals surface area contributed by atoms with Crippen LogP contribution in [0.2, 0.25) is 5.02 Å². The fourth-order valence-electron chi connectivity index (χ4n) is 2.40. The molecule has 0 aliphatic carbocycles. The van der Waals surface area contributed by atoms with Crippen LogP contribution in [0.3, 0.4) is 0 Å². The zero-order valence-electron chi connectivity index (χ0n) is 14.6. The van der Waals surface area contributed by atoms with Crippen LogP contribution in [0.15, 0.2) is 66.7 Å². The number of carbonyl (C=O) groups excluding carboxylic acids is 2. The van der Waals surface area contributed by atoms with Crippen LogP contribution >= 0.6 is 23.8 Å². The van der Waals surface area contributed by atoms with E-state index in [1.807, 2.05) is 36.4 Å². The first-order valence-electron chi connectivity index (χ1n) is 8.28. The van der Waals surface area contributed by atoms with Crippen molar-refractivity contribution in [1.82, 2.24) is 16.2 Å². The summed E-state index contributed by atoms with van der Waals surface area (Å²) >= 11 is 10.8. The molecular formula is C20H16ClN3O3S. The number of ether oxygens (including phenoxy) is 1. The van der Waals surface area contributed by atoms with Gasteiger partial charge in [-0.15, -0.1) is 0 Å². The second-order valence-corrected chi connectivity index (χ2v) is 6.61. The average Bonchev–Trinajstić information content (AvgIpc) is 2.70. The zero-order valence-corrected chi connectivity index (χ0v) is 16.1. The van der Waals surface area contributed by atoms with Gasteiger partial charge in [-0.1, -0.05) is 48.0 Å². The molecule has 3 N–H and O–H groups in total. The van der Waals surface area contributed by atoms with Crippen LogP contribution in [0.1, 0.15) is 10.4 Å². The predicted molar refractivity (Wildman–Crippen MR) is 112 cm³/mol. The second kappa shape index (κ2) is 9.16. The summed E-state index contributed by atoms with van der Waals surface area (Å²) in [4.78, 5) is 23.9. The van der Waals surface area contributed by atoms with Gasteiger partial charge in [0.05, 0.1) is 0 Å². The highest BCUT2D eigenvalue weighted by atomic mass is 35.5. The number of hydrazine groups is 1. The quantitative estimate of drug-likeness (QED) is 0.452. The predicted octanol–water partition coefficient (Wildman–Crippen LogP) is 3.21. The SMILES string of the molecule is O=C(COc1ccc2ccccc2c1)NNC(=S)NC(=O)c1cccc(Cl)c1. The van der Waals surface area contributed by atoms with Crippen LogP contribution in [-0.2, 0) is 4.79 Å². The highest BCUT2D eigenvalue weighted by molar-refractivity contribution is 7.80. The third-order valence-electron chi connectivity index (χ3n) is 3.72. The Bertz CT molecular complexity index is 1040. The van der Waals surface area contributed by atoms with Crippen LogP contribution in [-0.4, -0.2) is 23.5 Å². The van der Waals surface area contributed by atoms with Crippen molar-refractivity contribution in [2.24, 2.45) is 0 Å². The molecule has 0 atom stereocenters. The molecule has 0 radical (unpaired) electrons. The molecular weight excluding hydrogens is 398 g/mol. The van der Waals surface area contributed by atoms with Crippen LogP contribution in [0, 0.1) is 0 Å². The third kappa shape index (κ3) is 5.42. The first kappa shape index (κ1) is 19.6. The lowest BCUT2D eigenvalue weighted by atomic mass is 10.1. The van der Waals surface area contributed by atoms with Gasteiger partial charge >= 0.3 is 0 Å². The van der Waals surface area contributed by atoms with Gasteiger partial charge in [0.2, 0.25) is 0 Å². The van der Waals surface area contributed by atoms with Crippen molar-refractivity contribution in [3.8, 4) is 5.75 Å². The standard InChI is InChI=1S/C20H16ClN3O3S/c21-16-7-3-6-15(10-16)19(26)22-20(28)24-23-18(25)12-27-17-9-8-13-4-1-2-5-14(13)11-17/h1-11H,12H2,(H,23,25)(H2,22,24,26,28). The molecule has 0 aliphatic heterocycles. The van der Waals surface area contributed by atoms with E-state index >= 15 is 0 Å². The number of hydrogen-bond donors (Lipinski definition) is 3. The maximum atomic E-state index is 12.0. The van der Waals surface area contributed by atoms with E-state index < -0.39 is 11.8 Å². The zero-order chi connectivity index (χ0) is 19.9. The largest absolute Gasteiger partial charge is 0.484 e. The van der Waals surface area contributed by atoms with Gasteiger partial charge < -0.3 is 4.74 Å². The molecule has 0 aromatic heterocycles. The molecule has 0 spiro atoms. The summed E-state index contributed by atoms with van der Waals surface area (Å²) in [5, 5.41) is 4.93. The van der Waals surface area contributed by atoms with Crippen LogP contribution < -0.4 is 20.9 Å². The number of hydrogen-bond acceptors (Lipinski definition) is 4. The first-order chi connectivity index (χ1) is 13.5. The molecule has 142 valence electrons. The number of nitrogens with one attached hydrogen (secondary N) is 3. The number of halogens is 1. The lowest BCUT2D eigenvalue weighted by molar-refractivity contribution is -0.123. The number of carbonyl (C=O) groups is 2. The van der Waals surface area contributed by atoms with Crippen LogP contribution in [0.25, 0.3) is 10.8 Å². The van der Waals surface area contributed by atoms with Crippen molar-refractivity contribution >= 4 is 51.5 Å². The molecule has 0 fully saturated rings. The van der Waals surface area contributed by atoms with Gasteiger partial charge in [0.15, 0.2) is 11.7 Å². The smallest absolute Gasteiger partial charge is 0.276 e. The van der Waals surface area contributed by atoms with Crippen molar-refractivity contribution in [3.05, 3.63) is 77.3 Å². The Labute approximate surface area is 171 Å². The number of fused-ring (bicyclic) bond motifs is 1. The van der Waals surface area contributed by atoms with Gasteiger partial charge in [-0.2, -0.15) is 0 Å². The minimum atomic E-state index is -0.451. The second-order valence-electron chi connectivity index (χ2n) is 5.76. The Hall–Kier alpha value is -3.16. The van der Waals surface area contributed by atoms with E-state index in [0.717, 1.165) is 10.8 Å². The Morgan fingerprint density at radius 2 is 1.71 bits per heavy atom. The molecule has 0 saturated heterocycles. The normalized spacial score (nSPS) is 10.2. The van der Waals surface area contributed by atoms with Gasteiger partial charge in [0.25, 0.3) is 11.8 Å². The summed E-state index contributed by atoms with van der Waals surface area (Å²) in [6.45, 7) is -0.212. The molecule has 0 heterocycles. The van der Waals surface area contributed by atoms with Gasteiger partial charge in [-0.3, -0.25) is 25.8 Å². The molecule has 0 bridgehead atoms. The van der Waals surface area contributed by atoms with Crippen molar-refractivity contribution in [2.45, 2.75) is 0 Å². The molecule has 3 aromatic rings. The minimum absolute atomic E-state index is 0.0518. The highest BCUT2D eigenvalue weighted by Gasteiger charge is 2.09. The summed E-state index contributed by atoms with van der Waals surface area (Å²) in [6.07, 6.45) is 0. The summed E-state index contributed by atoms with van der Waals surface area (Å²) in [7, 11) is 0. The number of benzene rings is 3. The Morgan fingerprint density at radius 3 is 2.50 bits per heavy atom. The van der Waals surface area contributed by atoms with Crippen molar-refractivity contribution in [2.75, 3.05) is 6.61 Å². The lowest BCUT2D eigenvalue weighted by Crippen LogP contribution is -2.49. The molecule has 28 heavy (non-hydrogen) atoms. The van der Waals surface area contributed by atoms with E-state index in [4.69, 9.17) is 28.6 Å². The maximum Gasteiger partial charge on any atom is 0.276 e. The van der Waals surface area contributed by atoms with Crippen molar-refractivity contribution < 1.29 is 14.3 Å². The molecule has 6 nitrogen and oxygen atoms in total. The van der Waals surface area contributed by atoms with Crippen LogP contribution in [0.4, 0.5) is 0 Å². The van der Waals surface area contributed by atoms with Crippen LogP contribution in [0.5, 0.6) is 5.75 Å². The fraction of sp³-hybridized carbons (Fsp3) is 0.0500. The minimum Gasteiger partial charge on any atom is -0.484 e. The molecule has 0 aliphatic rings. The van der Waals surface area contributed by atoms with Gasteiger partial charge in [-0.05, 0) is 53.3 Å². The average molecular weight is 414 g/mol. The molecule has 2 amide bonds. The highest BCUT2D eigenvalue weighted by Crippen LogP contribution is 2.20. The van der Waals surface area contributed by atoms with E-state index in [-0.39, 0.29) is 11.7 Å². The van der Waals surface area contributed by atoms with E-state index in [2.05, 4.69) is 16.2 Å². The summed E-state index contributed by atoms with van der Waals surface area (Å²) in [6, 6.07) is 19.8. The summed E-state index contributed by atoms with van der Waals surface area (Å²) in [5.74, 6) is -0.320. The van der Waals surface area contributed by atoms with E-state index in [9.17, 15) is 9.59 Å². The maximum absolute atomic E-state index is 12.0. The van der Waals surface area contributed by atoms with Gasteiger partial charge in [0.1, 0.15) is 5.75 Å².